The number of fused-ring (bicyclic) bond motifs is 1. The van der Waals surface area contributed by atoms with Gasteiger partial charge in [0.05, 0.1) is 11.0 Å². The first-order chi connectivity index (χ1) is 12.3. The Balaban J connectivity index is 1.88. The van der Waals surface area contributed by atoms with Crippen LogP contribution in [0.4, 0.5) is 10.5 Å². The lowest BCUT2D eigenvalue weighted by atomic mass is 10.1. The van der Waals surface area contributed by atoms with Crippen molar-refractivity contribution in [2.24, 2.45) is 0 Å². The van der Waals surface area contributed by atoms with Gasteiger partial charge < -0.3 is 24.6 Å². The summed E-state index contributed by atoms with van der Waals surface area (Å²) < 4.78 is 15.3. The Hall–Kier alpha value is -2.69. The summed E-state index contributed by atoms with van der Waals surface area (Å²) in [6.45, 7) is 3.17. The van der Waals surface area contributed by atoms with Gasteiger partial charge in [-0.15, -0.1) is 0 Å². The number of carbonyl (C=O) groups excluding carboxylic acids is 1. The number of alkyl carbamates (subject to hydrolysis) is 1. The molecule has 2 atom stereocenters. The number of ether oxygens (including phenoxy) is 3. The second-order valence-electron chi connectivity index (χ2n) is 5.37. The number of nitro benzene ring substituents is 1. The van der Waals surface area contributed by atoms with E-state index in [1.54, 1.807) is 13.0 Å². The molecule has 1 aliphatic rings. The SMILES string of the molecule is CC(NC(=O)OCCSC(C)c1cc2c(cc1[N+](=O)[O-])OCO2)C(=O)O. The standard InChI is InChI=1S/C15H18N2O8S/c1-8(14(18)19)16-15(20)23-3-4-26-9(2)10-5-12-13(25-7-24-12)6-11(10)17(21)22/h5-6,8-9H,3-4,7H2,1-2H3,(H,16,20)(H,18,19). The van der Waals surface area contributed by atoms with Crippen molar-refractivity contribution in [3.05, 3.63) is 27.8 Å². The minimum absolute atomic E-state index is 0.0230. The van der Waals surface area contributed by atoms with Crippen molar-refractivity contribution in [1.82, 2.24) is 5.32 Å². The normalized spacial score (nSPS) is 14.4. The number of carbonyl (C=O) groups is 2. The minimum Gasteiger partial charge on any atom is -0.480 e. The molecule has 0 aromatic heterocycles. The van der Waals surface area contributed by atoms with Gasteiger partial charge in [-0.05, 0) is 19.9 Å². The van der Waals surface area contributed by atoms with E-state index in [4.69, 9.17) is 19.3 Å². The van der Waals surface area contributed by atoms with Gasteiger partial charge in [0.2, 0.25) is 6.79 Å². The van der Waals surface area contributed by atoms with E-state index in [0.29, 0.717) is 22.8 Å². The largest absolute Gasteiger partial charge is 0.480 e. The molecule has 2 unspecified atom stereocenters. The average Bonchev–Trinajstić information content (AvgIpc) is 3.04. The van der Waals surface area contributed by atoms with Gasteiger partial charge in [-0.3, -0.25) is 14.9 Å². The summed E-state index contributed by atoms with van der Waals surface area (Å²) in [7, 11) is 0. The summed E-state index contributed by atoms with van der Waals surface area (Å²) in [4.78, 5) is 32.8. The lowest BCUT2D eigenvalue weighted by Gasteiger charge is -2.13. The molecule has 0 saturated heterocycles. The van der Waals surface area contributed by atoms with E-state index in [9.17, 15) is 19.7 Å². The van der Waals surface area contributed by atoms with Gasteiger partial charge in [0.1, 0.15) is 12.6 Å². The highest BCUT2D eigenvalue weighted by molar-refractivity contribution is 7.99. The predicted octanol–water partition coefficient (Wildman–Crippen LogP) is 2.32. The number of amides is 1. The molecule has 2 rings (SSSR count). The van der Waals surface area contributed by atoms with Crippen LogP contribution in [0.25, 0.3) is 0 Å². The third-order valence-electron chi connectivity index (χ3n) is 3.55. The number of hydrogen-bond acceptors (Lipinski definition) is 8. The number of nitro groups is 1. The van der Waals surface area contributed by atoms with Gasteiger partial charge in [0.15, 0.2) is 11.5 Å². The van der Waals surface area contributed by atoms with E-state index < -0.39 is 23.0 Å². The molecule has 0 spiro atoms. The zero-order valence-electron chi connectivity index (χ0n) is 14.1. The molecule has 10 nitrogen and oxygen atoms in total. The molecule has 0 saturated carbocycles. The maximum atomic E-state index is 11.4. The number of rotatable bonds is 8. The van der Waals surface area contributed by atoms with Gasteiger partial charge in [0.25, 0.3) is 5.69 Å². The third kappa shape index (κ3) is 4.91. The second-order valence-corrected chi connectivity index (χ2v) is 6.82. The molecule has 0 bridgehead atoms. The molecular formula is C15H18N2O8S. The highest BCUT2D eigenvalue weighted by atomic mass is 32.2. The van der Waals surface area contributed by atoms with E-state index in [-0.39, 0.29) is 24.3 Å². The Morgan fingerprint density at radius 2 is 2.04 bits per heavy atom. The van der Waals surface area contributed by atoms with Crippen LogP contribution in [0.15, 0.2) is 12.1 Å². The number of aliphatic carboxylic acids is 1. The lowest BCUT2D eigenvalue weighted by Crippen LogP contribution is -2.38. The van der Waals surface area contributed by atoms with Crippen LogP contribution in [0.3, 0.4) is 0 Å². The summed E-state index contributed by atoms with van der Waals surface area (Å²) >= 11 is 1.35. The van der Waals surface area contributed by atoms with Crippen molar-refractivity contribution < 1.29 is 33.8 Å². The number of nitrogens with zero attached hydrogens (tertiary/aromatic N) is 1. The van der Waals surface area contributed by atoms with Crippen molar-refractivity contribution in [2.45, 2.75) is 25.1 Å². The third-order valence-corrected chi connectivity index (χ3v) is 4.70. The first-order valence-electron chi connectivity index (χ1n) is 7.65. The monoisotopic (exact) mass is 386 g/mol. The molecular weight excluding hydrogens is 368 g/mol. The van der Waals surface area contributed by atoms with E-state index in [2.05, 4.69) is 5.32 Å². The molecule has 26 heavy (non-hydrogen) atoms. The topological polar surface area (TPSA) is 137 Å². The molecule has 2 N–H and O–H groups in total. The van der Waals surface area contributed by atoms with Gasteiger partial charge in [-0.1, -0.05) is 0 Å². The number of carboxylic acids is 1. The van der Waals surface area contributed by atoms with Crippen LogP contribution in [-0.4, -0.2) is 47.3 Å². The molecule has 1 aliphatic heterocycles. The van der Waals surface area contributed by atoms with Crippen LogP contribution in [0.1, 0.15) is 24.7 Å². The van der Waals surface area contributed by atoms with E-state index >= 15 is 0 Å². The van der Waals surface area contributed by atoms with Gasteiger partial charge in [-0.25, -0.2) is 4.79 Å². The Bertz CT molecular complexity index is 711. The van der Waals surface area contributed by atoms with Crippen molar-refractivity contribution in [3.8, 4) is 11.5 Å². The summed E-state index contributed by atoms with van der Waals surface area (Å²) in [6, 6.07) is 1.87. The molecule has 11 heteroatoms. The van der Waals surface area contributed by atoms with Crippen molar-refractivity contribution in [2.75, 3.05) is 19.2 Å². The Morgan fingerprint density at radius 3 is 2.65 bits per heavy atom. The fraction of sp³-hybridized carbons (Fsp3) is 0.467. The number of thioether (sulfide) groups is 1. The number of carboxylic acid groups (broad SMARTS) is 1. The van der Waals surface area contributed by atoms with Crippen LogP contribution in [0.5, 0.6) is 11.5 Å². The summed E-state index contributed by atoms with van der Waals surface area (Å²) in [5.41, 5.74) is 0.413. The Labute approximate surface area is 152 Å². The van der Waals surface area contributed by atoms with Gasteiger partial charge >= 0.3 is 12.1 Å². The van der Waals surface area contributed by atoms with Crippen molar-refractivity contribution in [3.63, 3.8) is 0 Å². The highest BCUT2D eigenvalue weighted by Gasteiger charge is 2.26. The predicted molar refractivity (Wildman–Crippen MR) is 91.7 cm³/mol. The van der Waals surface area contributed by atoms with Crippen molar-refractivity contribution in [1.29, 1.82) is 0 Å². The number of benzene rings is 1. The number of nitrogens with one attached hydrogen (secondary N) is 1. The highest BCUT2D eigenvalue weighted by Crippen LogP contribution is 2.43. The molecule has 0 fully saturated rings. The summed E-state index contributed by atoms with van der Waals surface area (Å²) in [6.07, 6.45) is -0.831. The Kier molecular flexibility index (Phi) is 6.50. The van der Waals surface area contributed by atoms with E-state index in [0.717, 1.165) is 0 Å². The minimum atomic E-state index is -1.17. The van der Waals surface area contributed by atoms with E-state index in [1.807, 2.05) is 0 Å². The molecule has 0 radical (unpaired) electrons. The lowest BCUT2D eigenvalue weighted by molar-refractivity contribution is -0.385. The molecule has 142 valence electrons. The zero-order valence-corrected chi connectivity index (χ0v) is 14.9. The molecule has 0 aliphatic carbocycles. The van der Waals surface area contributed by atoms with E-state index in [1.165, 1.54) is 24.8 Å². The van der Waals surface area contributed by atoms with Gasteiger partial charge in [-0.2, -0.15) is 11.8 Å². The van der Waals surface area contributed by atoms with Crippen molar-refractivity contribution >= 4 is 29.5 Å². The molecule has 1 aromatic carbocycles. The smallest absolute Gasteiger partial charge is 0.407 e. The van der Waals surface area contributed by atoms with Crippen LogP contribution < -0.4 is 14.8 Å². The number of hydrogen-bond donors (Lipinski definition) is 2. The van der Waals surface area contributed by atoms with Crippen LogP contribution in [0, 0.1) is 10.1 Å². The average molecular weight is 386 g/mol. The molecule has 1 amide bonds. The molecule has 1 heterocycles. The first-order valence-corrected chi connectivity index (χ1v) is 8.70. The maximum Gasteiger partial charge on any atom is 0.407 e. The van der Waals surface area contributed by atoms with Crippen LogP contribution in [-0.2, 0) is 9.53 Å². The zero-order chi connectivity index (χ0) is 19.3. The maximum absolute atomic E-state index is 11.4. The quantitative estimate of drug-likeness (QED) is 0.391. The second kappa shape index (κ2) is 8.61. The fourth-order valence-corrected chi connectivity index (χ4v) is 3.06. The Morgan fingerprint density at radius 1 is 1.38 bits per heavy atom. The fourth-order valence-electron chi connectivity index (χ4n) is 2.16. The van der Waals surface area contributed by atoms with Gasteiger partial charge in [0, 0.05) is 16.6 Å². The first kappa shape index (κ1) is 19.6. The molecule has 1 aromatic rings. The van der Waals surface area contributed by atoms with Crippen LogP contribution >= 0.6 is 11.8 Å². The summed E-state index contributed by atoms with van der Waals surface area (Å²) in [5, 5.41) is 21.9. The summed E-state index contributed by atoms with van der Waals surface area (Å²) in [5.74, 6) is 0.00311. The van der Waals surface area contributed by atoms with Crippen LogP contribution in [0.2, 0.25) is 0 Å².